The zero-order chi connectivity index (χ0) is 10.1. The Bertz CT molecular complexity index is 218. The molecule has 3 nitrogen and oxygen atoms in total. The van der Waals surface area contributed by atoms with E-state index in [4.69, 9.17) is 10.5 Å². The van der Waals surface area contributed by atoms with Gasteiger partial charge in [0.25, 0.3) is 0 Å². The van der Waals surface area contributed by atoms with Gasteiger partial charge in [-0.1, -0.05) is 20.3 Å². The normalized spacial score (nSPS) is 30.3. The number of carbonyl (C=O) groups excluding carboxylic acids is 1. The van der Waals surface area contributed by atoms with E-state index in [0.29, 0.717) is 0 Å². The molecule has 1 aliphatic rings. The van der Waals surface area contributed by atoms with Gasteiger partial charge in [-0.3, -0.25) is 4.79 Å². The molecule has 0 aromatic carbocycles. The number of ether oxygens (including phenoxy) is 1. The molecule has 0 heterocycles. The van der Waals surface area contributed by atoms with Gasteiger partial charge in [0.15, 0.2) is 0 Å². The van der Waals surface area contributed by atoms with E-state index in [1.165, 1.54) is 7.11 Å². The minimum atomic E-state index is -0.740. The maximum atomic E-state index is 11.4. The second-order valence-electron chi connectivity index (χ2n) is 4.84. The molecule has 1 unspecified atom stereocenters. The molecular formula is C10H20ClNO2. The summed E-state index contributed by atoms with van der Waals surface area (Å²) in [6, 6.07) is 0. The van der Waals surface area contributed by atoms with Crippen LogP contribution in [0.1, 0.15) is 39.5 Å². The number of hydrogen-bond donors (Lipinski definition) is 1. The predicted molar refractivity (Wildman–Crippen MR) is 58.4 cm³/mol. The standard InChI is InChI=1S/C10H19NO2.ClH/c1-9(2)5-4-6-10(11,7-9)8(12)13-3;/h4-7,11H2,1-3H3;1H. The summed E-state index contributed by atoms with van der Waals surface area (Å²) in [4.78, 5) is 11.4. The third-order valence-corrected chi connectivity index (χ3v) is 2.86. The lowest BCUT2D eigenvalue weighted by molar-refractivity contribution is -0.150. The molecule has 0 aliphatic heterocycles. The highest BCUT2D eigenvalue weighted by Crippen LogP contribution is 2.40. The van der Waals surface area contributed by atoms with Gasteiger partial charge >= 0.3 is 5.97 Å². The van der Waals surface area contributed by atoms with Gasteiger partial charge in [0, 0.05) is 0 Å². The van der Waals surface area contributed by atoms with E-state index in [2.05, 4.69) is 13.8 Å². The van der Waals surface area contributed by atoms with Gasteiger partial charge in [0.05, 0.1) is 7.11 Å². The molecule has 0 spiro atoms. The summed E-state index contributed by atoms with van der Waals surface area (Å²) in [6.45, 7) is 4.30. The smallest absolute Gasteiger partial charge is 0.325 e. The van der Waals surface area contributed by atoms with Gasteiger partial charge in [-0.05, 0) is 24.7 Å². The maximum Gasteiger partial charge on any atom is 0.325 e. The highest BCUT2D eigenvalue weighted by atomic mass is 35.5. The molecule has 4 heteroatoms. The first-order valence-corrected chi connectivity index (χ1v) is 4.77. The molecule has 14 heavy (non-hydrogen) atoms. The van der Waals surface area contributed by atoms with Crippen LogP contribution in [0.25, 0.3) is 0 Å². The van der Waals surface area contributed by atoms with Crippen LogP contribution in [0.2, 0.25) is 0 Å². The van der Waals surface area contributed by atoms with Crippen molar-refractivity contribution in [3.8, 4) is 0 Å². The fourth-order valence-electron chi connectivity index (χ4n) is 2.29. The molecule has 0 amide bonds. The molecule has 1 fully saturated rings. The summed E-state index contributed by atoms with van der Waals surface area (Å²) in [5.74, 6) is -0.264. The van der Waals surface area contributed by atoms with Gasteiger partial charge in [0.1, 0.15) is 5.54 Å². The average Bonchev–Trinajstić information content (AvgIpc) is 2.00. The van der Waals surface area contributed by atoms with Crippen LogP contribution >= 0.6 is 12.4 Å². The number of halogens is 1. The third kappa shape index (κ3) is 2.85. The Balaban J connectivity index is 0.00000169. The molecule has 1 saturated carbocycles. The van der Waals surface area contributed by atoms with Crippen molar-refractivity contribution >= 4 is 18.4 Å². The number of rotatable bonds is 1. The summed E-state index contributed by atoms with van der Waals surface area (Å²) >= 11 is 0. The number of methoxy groups -OCH3 is 1. The number of hydrogen-bond acceptors (Lipinski definition) is 3. The van der Waals surface area contributed by atoms with Crippen LogP contribution in [0.15, 0.2) is 0 Å². The Morgan fingerprint density at radius 3 is 2.36 bits per heavy atom. The molecule has 1 rings (SSSR count). The van der Waals surface area contributed by atoms with Crippen molar-refractivity contribution in [3.05, 3.63) is 0 Å². The van der Waals surface area contributed by atoms with Crippen LogP contribution < -0.4 is 5.73 Å². The van der Waals surface area contributed by atoms with Gasteiger partial charge in [-0.15, -0.1) is 12.4 Å². The molecule has 1 atom stereocenters. The Kier molecular flexibility index (Phi) is 4.40. The first-order chi connectivity index (χ1) is 5.90. The van der Waals surface area contributed by atoms with Crippen molar-refractivity contribution in [1.29, 1.82) is 0 Å². The van der Waals surface area contributed by atoms with Crippen molar-refractivity contribution in [3.63, 3.8) is 0 Å². The first-order valence-electron chi connectivity index (χ1n) is 4.77. The van der Waals surface area contributed by atoms with E-state index in [1.807, 2.05) is 0 Å². The maximum absolute atomic E-state index is 11.4. The molecular weight excluding hydrogens is 202 g/mol. The highest BCUT2D eigenvalue weighted by molar-refractivity contribution is 5.85. The molecule has 0 bridgehead atoms. The quantitative estimate of drug-likeness (QED) is 0.688. The second-order valence-corrected chi connectivity index (χ2v) is 4.84. The fourth-order valence-corrected chi connectivity index (χ4v) is 2.29. The second kappa shape index (κ2) is 4.49. The Hall–Kier alpha value is -0.280. The summed E-state index contributed by atoms with van der Waals surface area (Å²) in [7, 11) is 1.40. The van der Waals surface area contributed by atoms with Crippen molar-refractivity contribution in [2.24, 2.45) is 11.1 Å². The van der Waals surface area contributed by atoms with E-state index in [0.717, 1.165) is 25.7 Å². The molecule has 1 aliphatic carbocycles. The monoisotopic (exact) mass is 221 g/mol. The van der Waals surface area contributed by atoms with Crippen molar-refractivity contribution in [2.45, 2.75) is 45.1 Å². The topological polar surface area (TPSA) is 52.3 Å². The SMILES string of the molecule is COC(=O)C1(N)CCCC(C)(C)C1.Cl. The average molecular weight is 222 g/mol. The van der Waals surface area contributed by atoms with E-state index < -0.39 is 5.54 Å². The Morgan fingerprint density at radius 2 is 1.93 bits per heavy atom. The first kappa shape index (κ1) is 13.7. The fraction of sp³-hybridized carbons (Fsp3) is 0.900. The zero-order valence-electron chi connectivity index (χ0n) is 9.13. The summed E-state index contributed by atoms with van der Waals surface area (Å²) in [5.41, 5.74) is 5.44. The van der Waals surface area contributed by atoms with Gasteiger partial charge in [-0.25, -0.2) is 0 Å². The van der Waals surface area contributed by atoms with Crippen LogP contribution in [0.5, 0.6) is 0 Å². The minimum absolute atomic E-state index is 0. The van der Waals surface area contributed by atoms with Crippen LogP contribution in [0.4, 0.5) is 0 Å². The van der Waals surface area contributed by atoms with Crippen LogP contribution in [-0.2, 0) is 9.53 Å². The van der Waals surface area contributed by atoms with E-state index in [9.17, 15) is 4.79 Å². The Morgan fingerprint density at radius 1 is 1.36 bits per heavy atom. The van der Waals surface area contributed by atoms with E-state index in [1.54, 1.807) is 0 Å². The summed E-state index contributed by atoms with van der Waals surface area (Å²) < 4.78 is 4.72. The lowest BCUT2D eigenvalue weighted by Gasteiger charge is -2.40. The number of carbonyl (C=O) groups is 1. The molecule has 0 aromatic rings. The summed E-state index contributed by atoms with van der Waals surface area (Å²) in [5, 5.41) is 0. The van der Waals surface area contributed by atoms with Crippen LogP contribution in [-0.4, -0.2) is 18.6 Å². The van der Waals surface area contributed by atoms with Crippen LogP contribution in [0, 0.1) is 5.41 Å². The zero-order valence-corrected chi connectivity index (χ0v) is 9.95. The van der Waals surface area contributed by atoms with Crippen LogP contribution in [0.3, 0.4) is 0 Å². The summed E-state index contributed by atoms with van der Waals surface area (Å²) in [6.07, 6.45) is 3.64. The predicted octanol–water partition coefficient (Wildman–Crippen LogP) is 1.88. The number of nitrogens with two attached hydrogens (primary N) is 1. The molecule has 84 valence electrons. The molecule has 2 N–H and O–H groups in total. The third-order valence-electron chi connectivity index (χ3n) is 2.86. The minimum Gasteiger partial charge on any atom is -0.468 e. The van der Waals surface area contributed by atoms with E-state index >= 15 is 0 Å². The van der Waals surface area contributed by atoms with Crippen molar-refractivity contribution in [1.82, 2.24) is 0 Å². The Labute approximate surface area is 91.8 Å². The molecule has 0 radical (unpaired) electrons. The molecule has 0 aromatic heterocycles. The van der Waals surface area contributed by atoms with Crippen molar-refractivity contribution in [2.75, 3.05) is 7.11 Å². The number of esters is 1. The van der Waals surface area contributed by atoms with Gasteiger partial charge in [0.2, 0.25) is 0 Å². The van der Waals surface area contributed by atoms with Crippen molar-refractivity contribution < 1.29 is 9.53 Å². The lowest BCUT2D eigenvalue weighted by atomic mass is 9.68. The lowest BCUT2D eigenvalue weighted by Crippen LogP contribution is -2.53. The van der Waals surface area contributed by atoms with Gasteiger partial charge in [-0.2, -0.15) is 0 Å². The highest BCUT2D eigenvalue weighted by Gasteiger charge is 2.43. The largest absolute Gasteiger partial charge is 0.468 e. The van der Waals surface area contributed by atoms with E-state index in [-0.39, 0.29) is 23.8 Å². The molecule has 0 saturated heterocycles. The van der Waals surface area contributed by atoms with Gasteiger partial charge < -0.3 is 10.5 Å².